The summed E-state index contributed by atoms with van der Waals surface area (Å²) in [6, 6.07) is 5.41. The Bertz CT molecular complexity index is 943. The van der Waals surface area contributed by atoms with Crippen molar-refractivity contribution in [3.63, 3.8) is 0 Å². The maximum Gasteiger partial charge on any atom is 0.357 e. The number of halogens is 1. The molecular formula is C13H10ClN3O5S. The van der Waals surface area contributed by atoms with Crippen molar-refractivity contribution in [3.05, 3.63) is 40.7 Å². The van der Waals surface area contributed by atoms with E-state index in [2.05, 4.69) is 4.74 Å². The van der Waals surface area contributed by atoms with Gasteiger partial charge in [0.05, 0.1) is 24.0 Å². The summed E-state index contributed by atoms with van der Waals surface area (Å²) >= 11 is 5.75. The largest absolute Gasteiger partial charge is 0.464 e. The Morgan fingerprint density at radius 1 is 1.48 bits per heavy atom. The topological polar surface area (TPSA) is 135 Å². The molecule has 0 fully saturated rings. The minimum Gasteiger partial charge on any atom is -0.464 e. The molecule has 0 aliphatic heterocycles. The molecular weight excluding hydrogens is 346 g/mol. The zero-order valence-electron chi connectivity index (χ0n) is 11.6. The maximum absolute atomic E-state index is 11.9. The van der Waals surface area contributed by atoms with E-state index >= 15 is 0 Å². The Morgan fingerprint density at radius 3 is 2.65 bits per heavy atom. The number of hydrogen-bond donors (Lipinski definition) is 2. The highest BCUT2D eigenvalue weighted by atomic mass is 35.5. The first-order valence-corrected chi connectivity index (χ1v) is 7.79. The van der Waals surface area contributed by atoms with Crippen LogP contribution in [0.3, 0.4) is 0 Å². The Kier molecular flexibility index (Phi) is 4.33. The number of nitrogens with two attached hydrogens (primary N) is 1. The fourth-order valence-corrected chi connectivity index (χ4v) is 2.94. The predicted octanol–water partition coefficient (Wildman–Crippen LogP) is 1.62. The lowest BCUT2D eigenvalue weighted by Gasteiger charge is -2.12. The number of nitrogens with zero attached hydrogens (tertiary/aromatic N) is 2. The summed E-state index contributed by atoms with van der Waals surface area (Å²) in [7, 11) is -3.54. The summed E-state index contributed by atoms with van der Waals surface area (Å²) < 4.78 is 38.1. The van der Waals surface area contributed by atoms with Gasteiger partial charge in [-0.05, 0) is 18.2 Å². The number of nitrogen functional groups attached to an aromatic ring is 1. The number of esters is 1. The molecule has 0 aliphatic carbocycles. The molecule has 0 saturated carbocycles. The smallest absolute Gasteiger partial charge is 0.357 e. The van der Waals surface area contributed by atoms with Crippen molar-refractivity contribution in [1.29, 1.82) is 5.26 Å². The highest BCUT2D eigenvalue weighted by Gasteiger charge is 2.25. The number of carbonyl (C=O) groups is 1. The highest BCUT2D eigenvalue weighted by molar-refractivity contribution is 7.86. The quantitative estimate of drug-likeness (QED) is 0.630. The Labute approximate surface area is 136 Å². The van der Waals surface area contributed by atoms with E-state index < -0.39 is 21.0 Å². The van der Waals surface area contributed by atoms with Gasteiger partial charge in [0, 0.05) is 11.2 Å². The molecule has 8 nitrogen and oxygen atoms in total. The van der Waals surface area contributed by atoms with Crippen molar-refractivity contribution in [2.24, 2.45) is 0 Å². The van der Waals surface area contributed by atoms with Crippen LogP contribution in [0.2, 0.25) is 5.02 Å². The number of carbonyl (C=O) groups excluding carboxylic acids is 1. The molecule has 0 atom stereocenters. The fraction of sp³-hybridized carbons (Fsp3) is 0.0769. The molecule has 0 radical (unpaired) electrons. The molecule has 2 rings (SSSR count). The van der Waals surface area contributed by atoms with Crippen molar-refractivity contribution in [3.8, 4) is 11.8 Å². The second kappa shape index (κ2) is 5.92. The van der Waals surface area contributed by atoms with E-state index in [1.54, 1.807) is 6.07 Å². The van der Waals surface area contributed by atoms with Crippen molar-refractivity contribution in [2.45, 2.75) is 4.90 Å². The molecule has 23 heavy (non-hydrogen) atoms. The monoisotopic (exact) mass is 355 g/mol. The average molecular weight is 356 g/mol. The van der Waals surface area contributed by atoms with Gasteiger partial charge in [-0.1, -0.05) is 11.6 Å². The molecule has 0 spiro atoms. The van der Waals surface area contributed by atoms with Crippen LogP contribution >= 0.6 is 11.6 Å². The maximum atomic E-state index is 11.9. The minimum absolute atomic E-state index is 0.0540. The van der Waals surface area contributed by atoms with Crippen molar-refractivity contribution in [1.82, 2.24) is 4.57 Å². The van der Waals surface area contributed by atoms with E-state index in [0.717, 1.165) is 17.7 Å². The summed E-state index contributed by atoms with van der Waals surface area (Å²) in [5.74, 6) is -0.875. The van der Waals surface area contributed by atoms with Crippen molar-refractivity contribution in [2.75, 3.05) is 12.8 Å². The van der Waals surface area contributed by atoms with E-state index in [4.69, 9.17) is 22.6 Å². The van der Waals surface area contributed by atoms with E-state index in [9.17, 15) is 17.8 Å². The van der Waals surface area contributed by atoms with Crippen LogP contribution in [0.5, 0.6) is 0 Å². The third-order valence-corrected chi connectivity index (χ3v) is 4.12. The van der Waals surface area contributed by atoms with Gasteiger partial charge in [0.15, 0.2) is 5.69 Å². The summed E-state index contributed by atoms with van der Waals surface area (Å²) in [4.78, 5) is 11.4. The third kappa shape index (κ3) is 3.00. The molecule has 0 unspecified atom stereocenters. The zero-order chi connectivity index (χ0) is 17.4. The van der Waals surface area contributed by atoms with Gasteiger partial charge >= 0.3 is 5.97 Å². The van der Waals surface area contributed by atoms with Crippen LogP contribution in [0.15, 0.2) is 29.3 Å². The summed E-state index contributed by atoms with van der Waals surface area (Å²) in [6.45, 7) is 0. The zero-order valence-corrected chi connectivity index (χ0v) is 13.2. The number of rotatable bonds is 3. The van der Waals surface area contributed by atoms with Gasteiger partial charge in [0.25, 0.3) is 10.1 Å². The Morgan fingerprint density at radius 2 is 2.13 bits per heavy atom. The van der Waals surface area contributed by atoms with Gasteiger partial charge in [-0.25, -0.2) is 4.79 Å². The van der Waals surface area contributed by atoms with Crippen LogP contribution in [-0.2, 0) is 14.9 Å². The summed E-state index contributed by atoms with van der Waals surface area (Å²) in [5, 5.41) is 9.10. The van der Waals surface area contributed by atoms with Crippen LogP contribution in [0.1, 0.15) is 16.1 Å². The lowest BCUT2D eigenvalue weighted by atomic mass is 10.2. The lowest BCUT2D eigenvalue weighted by molar-refractivity contribution is 0.0593. The van der Waals surface area contributed by atoms with Crippen LogP contribution in [0.4, 0.5) is 5.69 Å². The van der Waals surface area contributed by atoms with E-state index in [1.807, 2.05) is 0 Å². The van der Waals surface area contributed by atoms with Crippen LogP contribution in [0.25, 0.3) is 5.69 Å². The molecule has 0 aliphatic rings. The number of methoxy groups -OCH3 is 1. The molecule has 1 heterocycles. The molecule has 1 aromatic heterocycles. The second-order valence-corrected chi connectivity index (χ2v) is 6.19. The average Bonchev–Trinajstić information content (AvgIpc) is 2.82. The minimum atomic E-state index is -4.64. The Balaban J connectivity index is 2.89. The van der Waals surface area contributed by atoms with Crippen LogP contribution < -0.4 is 5.73 Å². The Hall–Kier alpha value is -2.54. The van der Waals surface area contributed by atoms with Gasteiger partial charge in [0.1, 0.15) is 11.0 Å². The number of benzene rings is 1. The predicted molar refractivity (Wildman–Crippen MR) is 81.1 cm³/mol. The molecule has 0 amide bonds. The molecule has 3 N–H and O–H groups in total. The second-order valence-electron chi connectivity index (χ2n) is 4.37. The molecule has 0 bridgehead atoms. The highest BCUT2D eigenvalue weighted by Crippen LogP contribution is 2.30. The molecule has 10 heteroatoms. The number of aromatic nitrogens is 1. The fourth-order valence-electron chi connectivity index (χ4n) is 2.00. The standard InChI is InChI=1S/C13H10ClN3O5S/c1-22-13(18)12-11(16)7(5-15)6-17(12)9-3-2-8(14)4-10(9)23(19,20)21/h2-4,6H,16H2,1H3,(H,19,20,21). The van der Waals surface area contributed by atoms with E-state index in [0.29, 0.717) is 0 Å². The van der Waals surface area contributed by atoms with Gasteiger partial charge in [-0.3, -0.25) is 4.55 Å². The first-order valence-electron chi connectivity index (χ1n) is 5.97. The SMILES string of the molecule is COC(=O)c1c(N)c(C#N)cn1-c1ccc(Cl)cc1S(=O)(=O)O. The van der Waals surface area contributed by atoms with Crippen LogP contribution in [-0.4, -0.2) is 30.6 Å². The van der Waals surface area contributed by atoms with E-state index in [-0.39, 0.29) is 27.7 Å². The first kappa shape index (κ1) is 16.8. The van der Waals surface area contributed by atoms with E-state index in [1.165, 1.54) is 18.3 Å². The molecule has 2 aromatic rings. The summed E-state index contributed by atoms with van der Waals surface area (Å²) in [6.07, 6.45) is 1.17. The number of nitriles is 1. The van der Waals surface area contributed by atoms with Gasteiger partial charge in [-0.15, -0.1) is 0 Å². The van der Waals surface area contributed by atoms with Crippen molar-refractivity contribution >= 4 is 33.4 Å². The van der Waals surface area contributed by atoms with Crippen LogP contribution in [0, 0.1) is 11.3 Å². The molecule has 0 saturated heterocycles. The van der Waals surface area contributed by atoms with Gasteiger partial charge < -0.3 is 15.0 Å². The van der Waals surface area contributed by atoms with Crippen molar-refractivity contribution < 1.29 is 22.5 Å². The lowest BCUT2D eigenvalue weighted by Crippen LogP contribution is -2.13. The number of hydrogen-bond acceptors (Lipinski definition) is 6. The normalized spacial score (nSPS) is 11.0. The number of ether oxygens (including phenoxy) is 1. The third-order valence-electron chi connectivity index (χ3n) is 3.00. The molecule has 1 aromatic carbocycles. The van der Waals surface area contributed by atoms with Gasteiger partial charge in [0.2, 0.25) is 0 Å². The summed E-state index contributed by atoms with van der Waals surface area (Å²) in [5.41, 5.74) is 5.16. The number of anilines is 1. The molecule has 120 valence electrons. The van der Waals surface area contributed by atoms with Gasteiger partial charge in [-0.2, -0.15) is 13.7 Å². The first-order chi connectivity index (χ1) is 10.7.